The highest BCUT2D eigenvalue weighted by atomic mass is 31.1. The zero-order chi connectivity index (χ0) is 7.94. The Balaban J connectivity index is 2.66. The lowest BCUT2D eigenvalue weighted by Crippen LogP contribution is -2.14. The van der Waals surface area contributed by atoms with E-state index in [0.717, 1.165) is 31.5 Å². The van der Waals surface area contributed by atoms with Gasteiger partial charge in [0, 0.05) is 0 Å². The van der Waals surface area contributed by atoms with E-state index in [2.05, 4.69) is 34.4 Å². The van der Waals surface area contributed by atoms with Crippen molar-refractivity contribution < 1.29 is 0 Å². The summed E-state index contributed by atoms with van der Waals surface area (Å²) < 4.78 is 0. The van der Waals surface area contributed by atoms with Gasteiger partial charge in [-0.05, 0) is 29.6 Å². The van der Waals surface area contributed by atoms with Gasteiger partial charge in [0.25, 0.3) is 0 Å². The lowest BCUT2D eigenvalue weighted by Gasteiger charge is -2.19. The minimum Gasteiger partial charge on any atom is -0.118 e. The van der Waals surface area contributed by atoms with Crippen molar-refractivity contribution in [2.24, 2.45) is 17.8 Å². The molecule has 10 heavy (non-hydrogen) atoms. The van der Waals surface area contributed by atoms with Crippen molar-refractivity contribution in [2.75, 3.05) is 6.66 Å². The third kappa shape index (κ3) is 0.848. The van der Waals surface area contributed by atoms with Crippen LogP contribution in [0.1, 0.15) is 27.7 Å². The van der Waals surface area contributed by atoms with Crippen molar-refractivity contribution in [3.05, 3.63) is 0 Å². The molecule has 1 fully saturated rings. The van der Waals surface area contributed by atoms with E-state index in [1.54, 1.807) is 0 Å². The minimum absolute atomic E-state index is 0.736. The van der Waals surface area contributed by atoms with E-state index in [4.69, 9.17) is 0 Å². The maximum atomic E-state index is 2.40. The molecule has 0 bridgehead atoms. The van der Waals surface area contributed by atoms with Crippen molar-refractivity contribution in [1.29, 1.82) is 0 Å². The summed E-state index contributed by atoms with van der Waals surface area (Å²) in [5.41, 5.74) is 0. The second-order valence-corrected chi connectivity index (χ2v) is 5.28. The zero-order valence-electron chi connectivity index (χ0n) is 7.73. The van der Waals surface area contributed by atoms with Gasteiger partial charge in [0.1, 0.15) is 0 Å². The van der Waals surface area contributed by atoms with Gasteiger partial charge in [-0.1, -0.05) is 27.7 Å². The highest BCUT2D eigenvalue weighted by Crippen LogP contribution is 2.65. The average molecular weight is 158 g/mol. The maximum Gasteiger partial charge on any atom is -0.00445 e. The Hall–Kier alpha value is 0.430. The van der Waals surface area contributed by atoms with Crippen LogP contribution in [-0.2, 0) is 0 Å². The fourth-order valence-electron chi connectivity index (χ4n) is 2.60. The highest BCUT2D eigenvalue weighted by molar-refractivity contribution is 7.39. The number of hydrogen-bond acceptors (Lipinski definition) is 0. The molecule has 1 aliphatic rings. The third-order valence-electron chi connectivity index (χ3n) is 3.54. The van der Waals surface area contributed by atoms with Gasteiger partial charge in [-0.25, -0.2) is 0 Å². The van der Waals surface area contributed by atoms with Crippen LogP contribution in [0.2, 0.25) is 0 Å². The molecular formula is C9H19P. The van der Waals surface area contributed by atoms with Crippen LogP contribution >= 0.6 is 8.58 Å². The van der Waals surface area contributed by atoms with E-state index in [-0.39, 0.29) is 0 Å². The van der Waals surface area contributed by atoms with Gasteiger partial charge in [-0.2, -0.15) is 0 Å². The molecule has 0 aliphatic heterocycles. The molecule has 0 N–H and O–H groups in total. The van der Waals surface area contributed by atoms with Crippen molar-refractivity contribution in [2.45, 2.75) is 32.9 Å². The van der Waals surface area contributed by atoms with Crippen LogP contribution in [0.5, 0.6) is 0 Å². The summed E-state index contributed by atoms with van der Waals surface area (Å²) in [6.45, 7) is 11.9. The predicted octanol–water partition coefficient (Wildman–Crippen LogP) is 2.98. The van der Waals surface area contributed by atoms with Gasteiger partial charge in [0.2, 0.25) is 0 Å². The van der Waals surface area contributed by atoms with Crippen LogP contribution < -0.4 is 0 Å². The molecule has 1 aliphatic carbocycles. The molecule has 1 heteroatoms. The lowest BCUT2D eigenvalue weighted by molar-refractivity contribution is 0.552. The molecule has 3 unspecified atom stereocenters. The molecule has 0 saturated heterocycles. The van der Waals surface area contributed by atoms with Crippen molar-refractivity contribution in [1.82, 2.24) is 0 Å². The standard InChI is InChI=1S/C9H19P/c1-6(2)9(10-5)7(3)8(9)4/h6-8,10H,1-5H3. The Morgan fingerprint density at radius 3 is 1.60 bits per heavy atom. The number of rotatable bonds is 2. The third-order valence-corrected chi connectivity index (χ3v) is 5.89. The van der Waals surface area contributed by atoms with Crippen LogP contribution in [0, 0.1) is 17.8 Å². The molecule has 0 heterocycles. The summed E-state index contributed by atoms with van der Waals surface area (Å²) in [5.74, 6) is 2.85. The van der Waals surface area contributed by atoms with Crippen LogP contribution in [-0.4, -0.2) is 11.8 Å². The molecule has 0 radical (unpaired) electrons. The van der Waals surface area contributed by atoms with Crippen molar-refractivity contribution in [3.8, 4) is 0 Å². The number of hydrogen-bond donors (Lipinski definition) is 0. The molecule has 0 amide bonds. The quantitative estimate of drug-likeness (QED) is 0.542. The zero-order valence-corrected chi connectivity index (χ0v) is 8.73. The Kier molecular flexibility index (Phi) is 2.12. The first-order valence-electron chi connectivity index (χ1n) is 4.26. The van der Waals surface area contributed by atoms with Crippen LogP contribution in [0.25, 0.3) is 0 Å². The molecule has 60 valence electrons. The SMILES string of the molecule is CPC1(C(C)C)C(C)C1C. The summed E-state index contributed by atoms with van der Waals surface area (Å²) in [7, 11) is 1.14. The molecule has 0 aromatic carbocycles. The van der Waals surface area contributed by atoms with E-state index in [0.29, 0.717) is 0 Å². The van der Waals surface area contributed by atoms with E-state index >= 15 is 0 Å². The van der Waals surface area contributed by atoms with Gasteiger partial charge in [-0.3, -0.25) is 0 Å². The molecule has 0 aromatic rings. The Morgan fingerprint density at radius 1 is 1.20 bits per heavy atom. The smallest absolute Gasteiger partial charge is 0.00445 e. The fraction of sp³-hybridized carbons (Fsp3) is 1.00. The van der Waals surface area contributed by atoms with E-state index < -0.39 is 0 Å². The average Bonchev–Trinajstić information content (AvgIpc) is 2.38. The van der Waals surface area contributed by atoms with Gasteiger partial charge >= 0.3 is 0 Å². The van der Waals surface area contributed by atoms with E-state index in [9.17, 15) is 0 Å². The second-order valence-electron chi connectivity index (χ2n) is 3.92. The summed E-state index contributed by atoms with van der Waals surface area (Å²) >= 11 is 0. The van der Waals surface area contributed by atoms with Gasteiger partial charge < -0.3 is 0 Å². The normalized spacial score (nSPS) is 47.4. The largest absolute Gasteiger partial charge is 0.118 e. The molecule has 0 nitrogen and oxygen atoms in total. The maximum absolute atomic E-state index is 2.40. The van der Waals surface area contributed by atoms with Crippen molar-refractivity contribution >= 4 is 8.58 Å². The fourth-order valence-corrected chi connectivity index (χ4v) is 4.51. The lowest BCUT2D eigenvalue weighted by atomic mass is 10.1. The summed E-state index contributed by atoms with van der Waals surface area (Å²) in [6.07, 6.45) is 0. The molecular weight excluding hydrogens is 139 g/mol. The summed E-state index contributed by atoms with van der Waals surface area (Å²) in [4.78, 5) is 0. The Morgan fingerprint density at radius 2 is 1.60 bits per heavy atom. The Labute approximate surface area is 66.6 Å². The molecule has 1 saturated carbocycles. The first-order valence-corrected chi connectivity index (χ1v) is 5.76. The van der Waals surface area contributed by atoms with E-state index in [1.807, 2.05) is 0 Å². The van der Waals surface area contributed by atoms with Crippen LogP contribution in [0.4, 0.5) is 0 Å². The molecule has 0 spiro atoms. The first-order chi connectivity index (χ1) is 4.57. The summed E-state index contributed by atoms with van der Waals surface area (Å²) in [6, 6.07) is 0. The van der Waals surface area contributed by atoms with Crippen LogP contribution in [0.3, 0.4) is 0 Å². The van der Waals surface area contributed by atoms with Gasteiger partial charge in [0.15, 0.2) is 0 Å². The Bertz CT molecular complexity index is 111. The minimum atomic E-state index is 0.736. The monoisotopic (exact) mass is 158 g/mol. The van der Waals surface area contributed by atoms with E-state index in [1.165, 1.54) is 0 Å². The summed E-state index contributed by atoms with van der Waals surface area (Å²) in [5, 5.41) is 0.736. The first kappa shape index (κ1) is 8.53. The van der Waals surface area contributed by atoms with Crippen molar-refractivity contribution in [3.63, 3.8) is 0 Å². The molecule has 0 aromatic heterocycles. The second kappa shape index (κ2) is 2.48. The molecule has 1 rings (SSSR count). The van der Waals surface area contributed by atoms with Gasteiger partial charge in [0.05, 0.1) is 0 Å². The highest BCUT2D eigenvalue weighted by Gasteiger charge is 2.59. The predicted molar refractivity (Wildman–Crippen MR) is 50.1 cm³/mol. The topological polar surface area (TPSA) is 0 Å². The van der Waals surface area contributed by atoms with Gasteiger partial charge in [-0.15, -0.1) is 8.58 Å². The van der Waals surface area contributed by atoms with Crippen LogP contribution in [0.15, 0.2) is 0 Å². The molecule has 3 atom stereocenters.